The van der Waals surface area contributed by atoms with E-state index in [4.69, 9.17) is 21.8 Å². The molecule has 0 unspecified atom stereocenters. The number of aliphatic hydroxyl groups excluding tert-OH is 1. The Hall–Kier alpha value is -1.32. The minimum Gasteiger partial charge on any atom is -0.478 e. The van der Waals surface area contributed by atoms with E-state index < -0.39 is 5.97 Å². The third-order valence-electron chi connectivity index (χ3n) is 1.64. The van der Waals surface area contributed by atoms with Crippen molar-refractivity contribution in [2.45, 2.75) is 0 Å². The summed E-state index contributed by atoms with van der Waals surface area (Å²) in [4.78, 5) is 10.6. The molecule has 14 heavy (non-hydrogen) atoms. The van der Waals surface area contributed by atoms with Gasteiger partial charge in [0.1, 0.15) is 0 Å². The van der Waals surface area contributed by atoms with Gasteiger partial charge < -0.3 is 10.2 Å². The smallest absolute Gasteiger partial charge is 0.337 e. The van der Waals surface area contributed by atoms with Crippen molar-refractivity contribution in [1.82, 2.24) is 0 Å². The summed E-state index contributed by atoms with van der Waals surface area (Å²) in [6, 6.07) is 4.60. The number of carboxylic acid groups (broad SMARTS) is 1. The molecule has 3 nitrogen and oxygen atoms in total. The molecule has 2 N–H and O–H groups in total. The van der Waals surface area contributed by atoms with Gasteiger partial charge in [-0.2, -0.15) is 0 Å². The first-order chi connectivity index (χ1) is 6.65. The average Bonchev–Trinajstić information content (AvgIpc) is 2.14. The highest BCUT2D eigenvalue weighted by Gasteiger charge is 2.07. The average molecular weight is 213 g/mol. The fourth-order valence-electron chi connectivity index (χ4n) is 0.997. The van der Waals surface area contributed by atoms with Crippen molar-refractivity contribution in [3.8, 4) is 0 Å². The molecule has 4 heteroatoms. The number of benzene rings is 1. The lowest BCUT2D eigenvalue weighted by Gasteiger charge is -1.99. The number of aromatic carboxylic acids is 1. The van der Waals surface area contributed by atoms with E-state index in [1.807, 2.05) is 0 Å². The van der Waals surface area contributed by atoms with Crippen molar-refractivity contribution in [2.24, 2.45) is 0 Å². The molecule has 0 spiro atoms. The fourth-order valence-corrected chi connectivity index (χ4v) is 1.27. The highest BCUT2D eigenvalue weighted by atomic mass is 35.5. The monoisotopic (exact) mass is 212 g/mol. The molecule has 0 aliphatic rings. The van der Waals surface area contributed by atoms with Gasteiger partial charge in [-0.15, -0.1) is 0 Å². The van der Waals surface area contributed by atoms with E-state index in [2.05, 4.69) is 0 Å². The van der Waals surface area contributed by atoms with Gasteiger partial charge in [0.25, 0.3) is 0 Å². The van der Waals surface area contributed by atoms with E-state index >= 15 is 0 Å². The summed E-state index contributed by atoms with van der Waals surface area (Å²) in [5.74, 6) is -1.05. The van der Waals surface area contributed by atoms with Gasteiger partial charge in [0.2, 0.25) is 0 Å². The van der Waals surface area contributed by atoms with Crippen LogP contribution >= 0.6 is 11.6 Å². The zero-order chi connectivity index (χ0) is 10.6. The molecule has 1 aromatic rings. The molecule has 0 radical (unpaired) electrons. The molecule has 0 aliphatic heterocycles. The van der Waals surface area contributed by atoms with Crippen LogP contribution in [0.15, 0.2) is 24.3 Å². The second-order valence-electron chi connectivity index (χ2n) is 2.63. The summed E-state index contributed by atoms with van der Waals surface area (Å²) < 4.78 is 0. The lowest BCUT2D eigenvalue weighted by molar-refractivity contribution is 0.0697. The summed E-state index contributed by atoms with van der Waals surface area (Å²) in [6.07, 6.45) is 3.21. The number of aliphatic hydroxyl groups is 1. The van der Waals surface area contributed by atoms with Gasteiger partial charge >= 0.3 is 5.97 Å². The first-order valence-corrected chi connectivity index (χ1v) is 4.33. The third-order valence-corrected chi connectivity index (χ3v) is 1.95. The SMILES string of the molecule is O=C(O)c1ccc(C=CCO)cc1Cl. The maximum atomic E-state index is 10.6. The normalized spacial score (nSPS) is 10.7. The van der Waals surface area contributed by atoms with E-state index in [9.17, 15) is 4.79 Å². The maximum Gasteiger partial charge on any atom is 0.337 e. The first-order valence-electron chi connectivity index (χ1n) is 3.95. The van der Waals surface area contributed by atoms with Crippen LogP contribution in [0.3, 0.4) is 0 Å². The van der Waals surface area contributed by atoms with Crippen LogP contribution in [0.25, 0.3) is 6.08 Å². The van der Waals surface area contributed by atoms with E-state index in [0.29, 0.717) is 0 Å². The van der Waals surface area contributed by atoms with Gasteiger partial charge in [-0.1, -0.05) is 29.8 Å². The minimum atomic E-state index is -1.05. The van der Waals surface area contributed by atoms with Crippen LogP contribution in [0.1, 0.15) is 15.9 Å². The standard InChI is InChI=1S/C10H9ClO3/c11-9-6-7(2-1-5-12)3-4-8(9)10(13)14/h1-4,6,12H,5H2,(H,13,14). The van der Waals surface area contributed by atoms with Gasteiger partial charge in [-0.25, -0.2) is 4.79 Å². The van der Waals surface area contributed by atoms with Crippen LogP contribution in [-0.2, 0) is 0 Å². The quantitative estimate of drug-likeness (QED) is 0.806. The molecule has 0 aliphatic carbocycles. The van der Waals surface area contributed by atoms with Crippen molar-refractivity contribution < 1.29 is 15.0 Å². The molecule has 0 atom stereocenters. The van der Waals surface area contributed by atoms with Crippen molar-refractivity contribution in [2.75, 3.05) is 6.61 Å². The zero-order valence-electron chi connectivity index (χ0n) is 7.27. The minimum absolute atomic E-state index is 0.0572. The lowest BCUT2D eigenvalue weighted by Crippen LogP contribution is -1.96. The van der Waals surface area contributed by atoms with Crippen molar-refractivity contribution in [1.29, 1.82) is 0 Å². The number of halogens is 1. The predicted octanol–water partition coefficient (Wildman–Crippen LogP) is 2.04. The van der Waals surface area contributed by atoms with Gasteiger partial charge in [0.15, 0.2) is 0 Å². The number of hydrogen-bond donors (Lipinski definition) is 2. The number of carboxylic acids is 1. The molecule has 0 saturated carbocycles. The van der Waals surface area contributed by atoms with E-state index in [-0.39, 0.29) is 17.2 Å². The van der Waals surface area contributed by atoms with Crippen LogP contribution in [0.5, 0.6) is 0 Å². The van der Waals surface area contributed by atoms with Crippen LogP contribution < -0.4 is 0 Å². The molecule has 0 bridgehead atoms. The molecule has 1 rings (SSSR count). The molecule has 0 fully saturated rings. The second-order valence-corrected chi connectivity index (χ2v) is 3.04. The molecular formula is C10H9ClO3. The van der Waals surface area contributed by atoms with Crippen LogP contribution in [0.2, 0.25) is 5.02 Å². The van der Waals surface area contributed by atoms with Crippen LogP contribution in [-0.4, -0.2) is 22.8 Å². The van der Waals surface area contributed by atoms with Crippen molar-refractivity contribution >= 4 is 23.6 Å². The lowest BCUT2D eigenvalue weighted by atomic mass is 10.1. The third kappa shape index (κ3) is 2.58. The topological polar surface area (TPSA) is 57.5 Å². The largest absolute Gasteiger partial charge is 0.478 e. The highest BCUT2D eigenvalue weighted by Crippen LogP contribution is 2.18. The number of hydrogen-bond acceptors (Lipinski definition) is 2. The molecule has 0 heterocycles. The Morgan fingerprint density at radius 3 is 2.71 bits per heavy atom. The van der Waals surface area contributed by atoms with E-state index in [1.165, 1.54) is 12.1 Å². The Morgan fingerprint density at radius 2 is 2.21 bits per heavy atom. The molecule has 0 aromatic heterocycles. The Balaban J connectivity index is 3.00. The number of carbonyl (C=O) groups is 1. The Kier molecular flexibility index (Phi) is 3.68. The Labute approximate surface area is 86.3 Å². The van der Waals surface area contributed by atoms with E-state index in [1.54, 1.807) is 18.2 Å². The maximum absolute atomic E-state index is 10.6. The Bertz CT molecular complexity index is 372. The molecular weight excluding hydrogens is 204 g/mol. The first kappa shape index (κ1) is 10.8. The van der Waals surface area contributed by atoms with E-state index in [0.717, 1.165) is 5.56 Å². The van der Waals surface area contributed by atoms with Gasteiger partial charge in [0.05, 0.1) is 17.2 Å². The number of rotatable bonds is 3. The second kappa shape index (κ2) is 4.79. The molecule has 0 amide bonds. The molecule has 74 valence electrons. The molecule has 1 aromatic carbocycles. The summed E-state index contributed by atoms with van der Waals surface area (Å²) in [6.45, 7) is -0.0572. The van der Waals surface area contributed by atoms with Crippen LogP contribution in [0, 0.1) is 0 Å². The van der Waals surface area contributed by atoms with Gasteiger partial charge in [-0.3, -0.25) is 0 Å². The van der Waals surface area contributed by atoms with Crippen LogP contribution in [0.4, 0.5) is 0 Å². The fraction of sp³-hybridized carbons (Fsp3) is 0.100. The predicted molar refractivity (Wildman–Crippen MR) is 54.5 cm³/mol. The van der Waals surface area contributed by atoms with Crippen molar-refractivity contribution in [3.05, 3.63) is 40.4 Å². The summed E-state index contributed by atoms with van der Waals surface area (Å²) >= 11 is 5.73. The zero-order valence-corrected chi connectivity index (χ0v) is 8.03. The van der Waals surface area contributed by atoms with Gasteiger partial charge in [0, 0.05) is 0 Å². The highest BCUT2D eigenvalue weighted by molar-refractivity contribution is 6.33. The summed E-state index contributed by atoms with van der Waals surface area (Å²) in [5.41, 5.74) is 0.835. The Morgan fingerprint density at radius 1 is 1.50 bits per heavy atom. The summed E-state index contributed by atoms with van der Waals surface area (Å²) in [5, 5.41) is 17.4. The summed E-state index contributed by atoms with van der Waals surface area (Å²) in [7, 11) is 0. The van der Waals surface area contributed by atoms with Gasteiger partial charge in [-0.05, 0) is 17.7 Å². The van der Waals surface area contributed by atoms with Crippen molar-refractivity contribution in [3.63, 3.8) is 0 Å². The molecule has 0 saturated heterocycles.